The molecule has 2 aromatic rings. The Balaban J connectivity index is 1.30. The van der Waals surface area contributed by atoms with Crippen molar-refractivity contribution in [3.05, 3.63) is 30.1 Å². The third-order valence-electron chi connectivity index (χ3n) is 5.28. The van der Waals surface area contributed by atoms with Gasteiger partial charge in [-0.2, -0.15) is 0 Å². The van der Waals surface area contributed by atoms with Gasteiger partial charge in [-0.05, 0) is 25.0 Å². The molecule has 2 atom stereocenters. The van der Waals surface area contributed by atoms with Gasteiger partial charge in [-0.1, -0.05) is 25.0 Å². The van der Waals surface area contributed by atoms with Crippen molar-refractivity contribution < 1.29 is 19.1 Å². The zero-order valence-electron chi connectivity index (χ0n) is 14.4. The van der Waals surface area contributed by atoms with Crippen molar-refractivity contribution in [3.8, 4) is 0 Å². The Bertz CT molecular complexity index is 802. The molecule has 2 amide bonds. The highest BCUT2D eigenvalue weighted by Gasteiger charge is 2.47. The quantitative estimate of drug-likeness (QED) is 0.655. The van der Waals surface area contributed by atoms with Crippen molar-refractivity contribution in [2.75, 3.05) is 6.54 Å². The number of H-pyrrole nitrogens is 1. The highest BCUT2D eigenvalue weighted by Crippen LogP contribution is 2.37. The summed E-state index contributed by atoms with van der Waals surface area (Å²) < 4.78 is 5.22. The lowest BCUT2D eigenvalue weighted by molar-refractivity contribution is -0.147. The molecule has 0 bridgehead atoms. The van der Waals surface area contributed by atoms with Crippen LogP contribution in [0.25, 0.3) is 11.0 Å². The van der Waals surface area contributed by atoms with Gasteiger partial charge in [0.15, 0.2) is 0 Å². The fourth-order valence-electron chi connectivity index (χ4n) is 3.95. The highest BCUT2D eigenvalue weighted by atomic mass is 16.5. The lowest BCUT2D eigenvalue weighted by Crippen LogP contribution is -2.33. The molecule has 1 aliphatic carbocycles. The molecule has 0 radical (unpaired) electrons. The van der Waals surface area contributed by atoms with Gasteiger partial charge in [0.1, 0.15) is 12.4 Å². The number of amides is 2. The lowest BCUT2D eigenvalue weighted by atomic mass is 9.81. The van der Waals surface area contributed by atoms with E-state index >= 15 is 0 Å². The number of likely N-dealkylation sites (tertiary alicyclic amines) is 1. The Labute approximate surface area is 150 Å². The zero-order valence-corrected chi connectivity index (χ0v) is 14.4. The molecule has 1 saturated heterocycles. The number of rotatable bonds is 5. The van der Waals surface area contributed by atoms with Crippen molar-refractivity contribution >= 4 is 28.8 Å². The number of hydrogen-bond donors (Lipinski definition) is 1. The van der Waals surface area contributed by atoms with Crippen LogP contribution in [-0.2, 0) is 25.7 Å². The van der Waals surface area contributed by atoms with Gasteiger partial charge >= 0.3 is 5.97 Å². The number of carbonyl (C=O) groups excluding carboxylic acids is 3. The van der Waals surface area contributed by atoms with Gasteiger partial charge in [0.2, 0.25) is 11.8 Å². The second-order valence-corrected chi connectivity index (χ2v) is 6.94. The van der Waals surface area contributed by atoms with E-state index in [-0.39, 0.29) is 43.2 Å². The van der Waals surface area contributed by atoms with Crippen LogP contribution in [0.5, 0.6) is 0 Å². The molecule has 1 aliphatic heterocycles. The fourth-order valence-corrected chi connectivity index (χ4v) is 3.95. The van der Waals surface area contributed by atoms with Crippen LogP contribution in [-0.4, -0.2) is 39.2 Å². The Hall–Kier alpha value is -2.70. The number of nitrogens with one attached hydrogen (secondary N) is 1. The summed E-state index contributed by atoms with van der Waals surface area (Å²) in [6.07, 6.45) is 3.56. The van der Waals surface area contributed by atoms with E-state index in [0.29, 0.717) is 5.82 Å². The number of carbonyl (C=O) groups is 3. The SMILES string of the molecule is O=C(CCN1C(=O)[C@H]2CCCC[C@@H]2C1=O)OCc1nc2ccccc2[nH]1. The number of aromatic amines is 1. The van der Waals surface area contributed by atoms with E-state index in [0.717, 1.165) is 36.7 Å². The van der Waals surface area contributed by atoms with E-state index in [1.807, 2.05) is 24.3 Å². The Morgan fingerprint density at radius 2 is 1.85 bits per heavy atom. The normalized spacial score (nSPS) is 22.7. The van der Waals surface area contributed by atoms with Gasteiger partial charge in [0.05, 0.1) is 29.3 Å². The minimum atomic E-state index is -0.444. The molecule has 1 aromatic heterocycles. The van der Waals surface area contributed by atoms with Crippen molar-refractivity contribution in [2.45, 2.75) is 38.7 Å². The molecule has 0 spiro atoms. The van der Waals surface area contributed by atoms with E-state index in [9.17, 15) is 14.4 Å². The first-order chi connectivity index (χ1) is 12.6. The number of benzene rings is 1. The Morgan fingerprint density at radius 3 is 2.54 bits per heavy atom. The number of aromatic nitrogens is 2. The van der Waals surface area contributed by atoms with Crippen LogP contribution in [0, 0.1) is 11.8 Å². The number of hydrogen-bond acceptors (Lipinski definition) is 5. The average molecular weight is 355 g/mol. The van der Waals surface area contributed by atoms with E-state index in [1.165, 1.54) is 4.90 Å². The average Bonchev–Trinajstić information content (AvgIpc) is 3.18. The molecule has 2 heterocycles. The Kier molecular flexibility index (Phi) is 4.44. The topological polar surface area (TPSA) is 92.4 Å². The highest BCUT2D eigenvalue weighted by molar-refractivity contribution is 6.05. The second-order valence-electron chi connectivity index (χ2n) is 6.94. The smallest absolute Gasteiger partial charge is 0.308 e. The fraction of sp³-hybridized carbons (Fsp3) is 0.474. The van der Waals surface area contributed by atoms with Gasteiger partial charge in [-0.25, -0.2) is 4.98 Å². The number of imide groups is 1. The van der Waals surface area contributed by atoms with Crippen LogP contribution in [0.15, 0.2) is 24.3 Å². The molecule has 4 rings (SSSR count). The Morgan fingerprint density at radius 1 is 1.15 bits per heavy atom. The minimum Gasteiger partial charge on any atom is -0.457 e. The summed E-state index contributed by atoms with van der Waals surface area (Å²) in [7, 11) is 0. The van der Waals surface area contributed by atoms with Crippen molar-refractivity contribution in [1.29, 1.82) is 0 Å². The summed E-state index contributed by atoms with van der Waals surface area (Å²) in [6, 6.07) is 7.57. The largest absolute Gasteiger partial charge is 0.457 e. The van der Waals surface area contributed by atoms with Crippen LogP contribution in [0.1, 0.15) is 37.9 Å². The first-order valence-corrected chi connectivity index (χ1v) is 9.08. The number of esters is 1. The van der Waals surface area contributed by atoms with E-state index in [1.54, 1.807) is 0 Å². The van der Waals surface area contributed by atoms with Gasteiger partial charge in [-0.15, -0.1) is 0 Å². The third kappa shape index (κ3) is 3.09. The summed E-state index contributed by atoms with van der Waals surface area (Å²) in [4.78, 5) is 45.4. The summed E-state index contributed by atoms with van der Waals surface area (Å²) in [5.74, 6) is -0.472. The molecule has 2 fully saturated rings. The standard InChI is InChI=1S/C19H21N3O4/c23-17(26-11-16-20-14-7-3-4-8-15(14)21-16)9-10-22-18(24)12-5-1-2-6-13(12)19(22)25/h3-4,7-8,12-13H,1-2,5-6,9-11H2,(H,20,21)/t12-,13-/m0/s1. The molecule has 1 N–H and O–H groups in total. The summed E-state index contributed by atoms with van der Waals surface area (Å²) >= 11 is 0. The van der Waals surface area contributed by atoms with Crippen LogP contribution in [0.2, 0.25) is 0 Å². The van der Waals surface area contributed by atoms with Crippen LogP contribution in [0.3, 0.4) is 0 Å². The maximum absolute atomic E-state index is 12.4. The van der Waals surface area contributed by atoms with E-state index in [4.69, 9.17) is 4.74 Å². The maximum Gasteiger partial charge on any atom is 0.308 e. The molecule has 0 unspecified atom stereocenters. The van der Waals surface area contributed by atoms with Gasteiger partial charge in [0.25, 0.3) is 0 Å². The monoisotopic (exact) mass is 355 g/mol. The molecule has 136 valence electrons. The third-order valence-corrected chi connectivity index (χ3v) is 5.28. The molecule has 1 saturated carbocycles. The number of imidazole rings is 1. The van der Waals surface area contributed by atoms with Crippen molar-refractivity contribution in [1.82, 2.24) is 14.9 Å². The summed E-state index contributed by atoms with van der Waals surface area (Å²) in [6.45, 7) is 0.143. The van der Waals surface area contributed by atoms with Gasteiger partial charge in [-0.3, -0.25) is 19.3 Å². The van der Waals surface area contributed by atoms with Crippen LogP contribution < -0.4 is 0 Å². The summed E-state index contributed by atoms with van der Waals surface area (Å²) in [5.41, 5.74) is 1.70. The maximum atomic E-state index is 12.4. The van der Waals surface area contributed by atoms with Crippen LogP contribution in [0.4, 0.5) is 0 Å². The van der Waals surface area contributed by atoms with Gasteiger partial charge < -0.3 is 9.72 Å². The molecule has 2 aliphatic rings. The first kappa shape index (κ1) is 16.8. The number of para-hydroxylation sites is 2. The number of nitrogens with zero attached hydrogens (tertiary/aromatic N) is 2. The zero-order chi connectivity index (χ0) is 18.1. The first-order valence-electron chi connectivity index (χ1n) is 9.08. The van der Waals surface area contributed by atoms with Gasteiger partial charge in [0, 0.05) is 6.54 Å². The van der Waals surface area contributed by atoms with Crippen LogP contribution >= 0.6 is 0 Å². The lowest BCUT2D eigenvalue weighted by Gasteiger charge is -2.19. The molecule has 1 aromatic carbocycles. The second kappa shape index (κ2) is 6.90. The predicted octanol–water partition coefficient (Wildman–Crippen LogP) is 2.17. The number of fused-ring (bicyclic) bond motifs is 2. The molecule has 7 heteroatoms. The minimum absolute atomic E-state index is 0.0111. The molecule has 26 heavy (non-hydrogen) atoms. The van der Waals surface area contributed by atoms with E-state index < -0.39 is 5.97 Å². The summed E-state index contributed by atoms with van der Waals surface area (Å²) in [5, 5.41) is 0. The van der Waals surface area contributed by atoms with Crippen molar-refractivity contribution in [2.24, 2.45) is 11.8 Å². The predicted molar refractivity (Wildman–Crippen MR) is 92.7 cm³/mol. The van der Waals surface area contributed by atoms with Crippen molar-refractivity contribution in [3.63, 3.8) is 0 Å². The number of ether oxygens (including phenoxy) is 1. The molecule has 7 nitrogen and oxygen atoms in total. The molecular formula is C19H21N3O4. The van der Waals surface area contributed by atoms with E-state index in [2.05, 4.69) is 9.97 Å². The molecular weight excluding hydrogens is 334 g/mol.